The van der Waals surface area contributed by atoms with Crippen LogP contribution in [0.25, 0.3) is 0 Å². The summed E-state index contributed by atoms with van der Waals surface area (Å²) >= 11 is 0. The molecule has 0 amide bonds. The predicted octanol–water partition coefficient (Wildman–Crippen LogP) is 2.89. The number of aliphatic hydroxyl groups excluding tert-OH is 3. The van der Waals surface area contributed by atoms with Gasteiger partial charge in [0, 0.05) is 23.8 Å². The standard InChI is InChI=1S/C36H50O10/c1-6-7-15-25(37)16-11-12-17-43-20-32(41)29(39)27-30-33(21(2)3)19-23(5)35(27,26-18-22(4)28(38)34(26,42)31(32)40)46-36(44-30,45-33)24-13-9-8-10-14-24/h8-11,13-14,16,22-23,26-31,38-42H,2,6-7,12,15,17-20H2,1,3-5H3/b16-11+/t22-,23+,26+,27-,28-,29-,30+,31+,32+,33+,34+,35-,36+/m0/s1. The third-order valence-electron chi connectivity index (χ3n) is 11.8. The molecule has 0 spiro atoms. The van der Waals surface area contributed by atoms with Gasteiger partial charge in [-0.3, -0.25) is 4.79 Å². The molecule has 254 valence electrons. The van der Waals surface area contributed by atoms with Crippen molar-refractivity contribution in [3.05, 3.63) is 60.2 Å². The lowest BCUT2D eigenvalue weighted by Gasteiger charge is -2.61. The highest BCUT2D eigenvalue weighted by Gasteiger charge is 2.84. The lowest BCUT2D eigenvalue weighted by molar-refractivity contribution is -0.446. The van der Waals surface area contributed by atoms with Gasteiger partial charge < -0.3 is 44.5 Å². The van der Waals surface area contributed by atoms with Crippen molar-refractivity contribution in [1.82, 2.24) is 0 Å². The molecule has 0 unspecified atom stereocenters. The highest BCUT2D eigenvalue weighted by atomic mass is 16.9. The van der Waals surface area contributed by atoms with Crippen LogP contribution in [0, 0.1) is 23.7 Å². The van der Waals surface area contributed by atoms with Crippen molar-refractivity contribution < 1.29 is 49.3 Å². The van der Waals surface area contributed by atoms with E-state index in [9.17, 15) is 30.3 Å². The maximum absolute atomic E-state index is 12.6. The van der Waals surface area contributed by atoms with Gasteiger partial charge >= 0.3 is 5.97 Å². The second-order valence-corrected chi connectivity index (χ2v) is 14.6. The summed E-state index contributed by atoms with van der Waals surface area (Å²) in [6, 6.07) is 9.19. The molecule has 0 aromatic heterocycles. The summed E-state index contributed by atoms with van der Waals surface area (Å²) in [4.78, 5) is 12.0. The van der Waals surface area contributed by atoms with E-state index in [1.807, 2.05) is 51.1 Å². The molecule has 3 saturated carbocycles. The van der Waals surface area contributed by atoms with Gasteiger partial charge in [0.05, 0.1) is 31.0 Å². The molecule has 0 radical (unpaired) electrons. The first-order valence-electron chi connectivity index (χ1n) is 16.8. The maximum atomic E-state index is 12.6. The van der Waals surface area contributed by atoms with Crippen LogP contribution in [0.3, 0.4) is 0 Å². The highest BCUT2D eigenvalue weighted by Crippen LogP contribution is 2.72. The highest BCUT2D eigenvalue weighted by molar-refractivity contribution is 5.89. The van der Waals surface area contributed by atoms with E-state index in [1.54, 1.807) is 13.0 Å². The molecule has 2 aliphatic heterocycles. The van der Waals surface area contributed by atoms with Crippen molar-refractivity contribution in [1.29, 1.82) is 0 Å². The van der Waals surface area contributed by atoms with Crippen molar-refractivity contribution in [2.75, 3.05) is 13.2 Å². The monoisotopic (exact) mass is 642 g/mol. The van der Waals surface area contributed by atoms with Gasteiger partial charge in [-0.1, -0.05) is 70.2 Å². The second-order valence-electron chi connectivity index (χ2n) is 14.6. The largest absolute Gasteiger partial charge is 0.390 e. The van der Waals surface area contributed by atoms with E-state index in [4.69, 9.17) is 18.9 Å². The fraction of sp³-hybridized carbons (Fsp3) is 0.694. The Kier molecular flexibility index (Phi) is 8.74. The fourth-order valence-electron chi connectivity index (χ4n) is 9.45. The van der Waals surface area contributed by atoms with Crippen LogP contribution in [-0.2, 0) is 29.7 Å². The van der Waals surface area contributed by atoms with Crippen LogP contribution in [0.15, 0.2) is 54.6 Å². The number of rotatable bonds is 11. The minimum absolute atomic E-state index is 0.0243. The number of aliphatic hydroxyl groups is 5. The molecule has 5 N–H and O–H groups in total. The summed E-state index contributed by atoms with van der Waals surface area (Å²) in [7, 11) is 0. The van der Waals surface area contributed by atoms with Gasteiger partial charge in [-0.05, 0) is 56.1 Å². The summed E-state index contributed by atoms with van der Waals surface area (Å²) in [6.07, 6.45) is 0.382. The zero-order valence-corrected chi connectivity index (χ0v) is 27.3. The van der Waals surface area contributed by atoms with Gasteiger partial charge in [0.1, 0.15) is 29.0 Å². The van der Waals surface area contributed by atoms with Crippen LogP contribution in [0.5, 0.6) is 0 Å². The van der Waals surface area contributed by atoms with Crippen molar-refractivity contribution in [2.45, 2.75) is 119 Å². The Bertz CT molecular complexity index is 1350. The summed E-state index contributed by atoms with van der Waals surface area (Å²) in [5.41, 5.74) is -5.98. The molecule has 10 nitrogen and oxygen atoms in total. The number of hydrogen-bond donors (Lipinski definition) is 5. The molecule has 13 atom stereocenters. The van der Waals surface area contributed by atoms with E-state index in [2.05, 4.69) is 6.58 Å². The number of carbonyl (C=O) groups excluding carboxylic acids is 1. The van der Waals surface area contributed by atoms with Crippen LogP contribution in [0.2, 0.25) is 0 Å². The number of hydrogen-bond acceptors (Lipinski definition) is 10. The van der Waals surface area contributed by atoms with Crippen LogP contribution in [0.1, 0.15) is 71.8 Å². The third-order valence-corrected chi connectivity index (χ3v) is 11.8. The molecule has 1 aromatic rings. The molecule has 2 saturated heterocycles. The number of allylic oxidation sites excluding steroid dienone is 1. The van der Waals surface area contributed by atoms with Crippen molar-refractivity contribution >= 4 is 5.78 Å². The molecule has 3 bridgehead atoms. The van der Waals surface area contributed by atoms with Crippen molar-refractivity contribution in [2.24, 2.45) is 23.7 Å². The zero-order chi connectivity index (χ0) is 33.3. The smallest absolute Gasteiger partial charge is 0.313 e. The SMILES string of the molecule is C=C(C)[C@]12C[C@@H](C)[C@@]34O[C@](c5ccccc5)(O[C@@H]1[C@@H]3[C@H](O)[C@](O)(COCC/C=C/C(=O)CCCC)[C@@H](O)[C@@]1(O)[C@H]4C[C@H](C)[C@@H]1O)O2. The number of ketones is 1. The number of carbonyl (C=O) groups is 1. The third kappa shape index (κ3) is 4.59. The fourth-order valence-corrected chi connectivity index (χ4v) is 9.45. The molecule has 1 aromatic carbocycles. The Morgan fingerprint density at radius 2 is 1.83 bits per heavy atom. The predicted molar refractivity (Wildman–Crippen MR) is 167 cm³/mol. The van der Waals surface area contributed by atoms with Crippen LogP contribution >= 0.6 is 0 Å². The zero-order valence-electron chi connectivity index (χ0n) is 27.3. The molecular weight excluding hydrogens is 592 g/mol. The van der Waals surface area contributed by atoms with E-state index in [-0.39, 0.29) is 18.8 Å². The number of fused-ring (bicyclic) bond motifs is 2. The van der Waals surface area contributed by atoms with Crippen molar-refractivity contribution in [3.8, 4) is 0 Å². The molecule has 2 heterocycles. The Labute approximate surface area is 271 Å². The Morgan fingerprint density at radius 3 is 2.50 bits per heavy atom. The van der Waals surface area contributed by atoms with Gasteiger partial charge in [0.2, 0.25) is 0 Å². The average Bonchev–Trinajstić information content (AvgIpc) is 3.39. The Morgan fingerprint density at radius 1 is 1.11 bits per heavy atom. The van der Waals surface area contributed by atoms with Gasteiger partial charge in [-0.15, -0.1) is 0 Å². The molecule has 5 aliphatic rings. The van der Waals surface area contributed by atoms with Crippen LogP contribution < -0.4 is 0 Å². The van der Waals surface area contributed by atoms with Crippen molar-refractivity contribution in [3.63, 3.8) is 0 Å². The molecule has 46 heavy (non-hydrogen) atoms. The number of ether oxygens (including phenoxy) is 4. The van der Waals surface area contributed by atoms with Gasteiger partial charge in [0.25, 0.3) is 0 Å². The minimum atomic E-state index is -2.44. The lowest BCUT2D eigenvalue weighted by atomic mass is 9.53. The van der Waals surface area contributed by atoms with Gasteiger partial charge in [0.15, 0.2) is 5.78 Å². The first-order chi connectivity index (χ1) is 21.7. The van der Waals surface area contributed by atoms with Crippen LogP contribution in [0.4, 0.5) is 0 Å². The summed E-state index contributed by atoms with van der Waals surface area (Å²) in [5, 5.41) is 60.9. The molecule has 10 heteroatoms. The lowest BCUT2D eigenvalue weighted by Crippen LogP contribution is -2.73. The number of benzene rings is 1. The summed E-state index contributed by atoms with van der Waals surface area (Å²) in [5.74, 6) is -4.48. The second kappa shape index (κ2) is 11.9. The first-order valence-corrected chi connectivity index (χ1v) is 16.8. The Balaban J connectivity index is 1.41. The Hall–Kier alpha value is -1.99. The topological polar surface area (TPSA) is 155 Å². The first kappa shape index (κ1) is 33.9. The normalized spacial score (nSPS) is 47.5. The van der Waals surface area contributed by atoms with E-state index < -0.39 is 83.1 Å². The van der Waals surface area contributed by atoms with E-state index in [0.29, 0.717) is 30.4 Å². The van der Waals surface area contributed by atoms with E-state index in [1.165, 1.54) is 6.08 Å². The molecular formula is C36H50O10. The summed E-state index contributed by atoms with van der Waals surface area (Å²) < 4.78 is 26.5. The maximum Gasteiger partial charge on any atom is 0.313 e. The summed E-state index contributed by atoms with van der Waals surface area (Å²) in [6.45, 7) is 11.4. The average molecular weight is 643 g/mol. The van der Waals surface area contributed by atoms with E-state index in [0.717, 1.165) is 12.8 Å². The molecule has 5 fully saturated rings. The van der Waals surface area contributed by atoms with E-state index >= 15 is 0 Å². The van der Waals surface area contributed by atoms with Gasteiger partial charge in [-0.25, -0.2) is 0 Å². The molecule has 3 aliphatic carbocycles. The molecule has 6 rings (SSSR count). The number of unbranched alkanes of at least 4 members (excludes halogenated alkanes) is 1. The quantitative estimate of drug-likeness (QED) is 0.138. The minimum Gasteiger partial charge on any atom is -0.390 e. The van der Waals surface area contributed by atoms with Crippen LogP contribution in [-0.4, -0.2) is 91.3 Å². The van der Waals surface area contributed by atoms with Gasteiger partial charge in [-0.2, -0.15) is 0 Å².